The molecule has 0 saturated heterocycles. The lowest BCUT2D eigenvalue weighted by Gasteiger charge is -2.09. The Labute approximate surface area is 354 Å². The maximum atomic E-state index is 12.7. The Morgan fingerprint density at radius 1 is 0.571 bits per heavy atom. The number of aliphatic carboxylic acids is 1. The van der Waals surface area contributed by atoms with Crippen LogP contribution in [-0.4, -0.2) is 62.6 Å². The minimum atomic E-state index is -4.37. The average molecular weight is 883 g/mol. The SMILES string of the molecule is N.NC(=O)Cn1nnc(-c2ccccc2Cc2ccc(C(F)(F)F)cc2)n1.Nc1ccccc1N.O=C(O)Cn1nnc(-c2ccccc2Cc2ccc(C(F)(F)F)cc2)n1.[NH3+]O. The number of benzene rings is 5. The molecular weight excluding hydrogens is 841 g/mol. The fourth-order valence-electron chi connectivity index (χ4n) is 5.46. The molecule has 0 radical (unpaired) electrons. The summed E-state index contributed by atoms with van der Waals surface area (Å²) in [7, 11) is 0. The first-order valence-electron chi connectivity index (χ1n) is 17.9. The van der Waals surface area contributed by atoms with E-state index in [0.717, 1.165) is 50.5 Å². The van der Waals surface area contributed by atoms with E-state index in [1.54, 1.807) is 42.5 Å². The molecule has 63 heavy (non-hydrogen) atoms. The van der Waals surface area contributed by atoms with Crippen molar-refractivity contribution in [2.24, 2.45) is 5.73 Å². The number of quaternary nitrogens is 1. The van der Waals surface area contributed by atoms with E-state index in [-0.39, 0.29) is 18.5 Å². The molecule has 2 heterocycles. The summed E-state index contributed by atoms with van der Waals surface area (Å²) in [6.45, 7) is -0.595. The molecule has 17 nitrogen and oxygen atoms in total. The summed E-state index contributed by atoms with van der Waals surface area (Å²) in [6.07, 6.45) is -7.96. The van der Waals surface area contributed by atoms with Crippen LogP contribution in [0.2, 0.25) is 0 Å². The van der Waals surface area contributed by atoms with Crippen LogP contribution < -0.4 is 29.2 Å². The maximum absolute atomic E-state index is 12.7. The van der Waals surface area contributed by atoms with Crippen LogP contribution in [0.5, 0.6) is 0 Å². The van der Waals surface area contributed by atoms with Gasteiger partial charge in [0.15, 0.2) is 6.54 Å². The lowest BCUT2D eigenvalue weighted by atomic mass is 9.98. The van der Waals surface area contributed by atoms with Gasteiger partial charge in [-0.2, -0.15) is 35.9 Å². The fourth-order valence-corrected chi connectivity index (χ4v) is 5.46. The molecule has 0 fully saturated rings. The molecule has 0 aliphatic heterocycles. The summed E-state index contributed by atoms with van der Waals surface area (Å²) >= 11 is 0. The topological polar surface area (TPSA) is 302 Å². The van der Waals surface area contributed by atoms with E-state index in [2.05, 4.69) is 36.7 Å². The predicted octanol–water partition coefficient (Wildman–Crippen LogP) is 5.10. The number of primary amides is 1. The molecule has 0 unspecified atom stereocenters. The van der Waals surface area contributed by atoms with Gasteiger partial charge in [-0.3, -0.25) is 9.59 Å². The van der Waals surface area contributed by atoms with Gasteiger partial charge >= 0.3 is 18.3 Å². The van der Waals surface area contributed by atoms with Gasteiger partial charge in [0.05, 0.1) is 22.5 Å². The van der Waals surface area contributed by atoms with Gasteiger partial charge in [-0.1, -0.05) is 84.9 Å². The number of rotatable bonds is 10. The molecule has 1 amide bonds. The summed E-state index contributed by atoms with van der Waals surface area (Å²) in [4.78, 5) is 23.7. The van der Waals surface area contributed by atoms with Crippen LogP contribution in [0.25, 0.3) is 22.8 Å². The number of amides is 1. The summed E-state index contributed by atoms with van der Waals surface area (Å²) in [5.41, 5.74) is 20.2. The van der Waals surface area contributed by atoms with Crippen molar-refractivity contribution in [3.8, 4) is 22.8 Å². The third kappa shape index (κ3) is 15.0. The number of hydrogen-bond acceptors (Lipinski definition) is 12. The third-order valence-electron chi connectivity index (χ3n) is 8.34. The van der Waals surface area contributed by atoms with Gasteiger partial charge in [0.1, 0.15) is 6.54 Å². The molecule has 0 aliphatic rings. The third-order valence-corrected chi connectivity index (χ3v) is 8.34. The highest BCUT2D eigenvalue weighted by atomic mass is 19.4. The number of nitrogen functional groups attached to an aromatic ring is 2. The molecule has 5 aromatic carbocycles. The van der Waals surface area contributed by atoms with E-state index in [1.807, 2.05) is 30.3 Å². The second-order valence-electron chi connectivity index (χ2n) is 12.8. The van der Waals surface area contributed by atoms with Gasteiger partial charge in [-0.15, -0.1) is 20.4 Å². The average Bonchev–Trinajstić information content (AvgIpc) is 3.90. The Balaban J connectivity index is 0.000000272. The number of carboxylic acid groups (broad SMARTS) is 1. The van der Waals surface area contributed by atoms with Gasteiger partial charge in [-0.25, -0.2) is 11.1 Å². The van der Waals surface area contributed by atoms with Crippen molar-refractivity contribution in [3.63, 3.8) is 0 Å². The molecule has 2 aromatic heterocycles. The van der Waals surface area contributed by atoms with E-state index in [0.29, 0.717) is 46.7 Å². The first-order chi connectivity index (χ1) is 29.5. The molecule has 0 aliphatic carbocycles. The first kappa shape index (κ1) is 49.6. The molecule has 7 aromatic rings. The Kier molecular flexibility index (Phi) is 17.9. The highest BCUT2D eigenvalue weighted by molar-refractivity contribution is 5.73. The van der Waals surface area contributed by atoms with Crippen LogP contribution in [0.1, 0.15) is 33.4 Å². The Morgan fingerprint density at radius 3 is 1.25 bits per heavy atom. The van der Waals surface area contributed by atoms with Gasteiger partial charge in [0.25, 0.3) is 0 Å². The number of carbonyl (C=O) groups excluding carboxylic acids is 1. The van der Waals surface area contributed by atoms with Crippen LogP contribution >= 0.6 is 0 Å². The summed E-state index contributed by atoms with van der Waals surface area (Å²) in [5, 5.41) is 38.9. The zero-order valence-corrected chi connectivity index (χ0v) is 33.1. The molecule has 7 rings (SSSR count). The van der Waals surface area contributed by atoms with Crippen molar-refractivity contribution in [2.45, 2.75) is 38.3 Å². The van der Waals surface area contributed by atoms with Crippen molar-refractivity contribution in [3.05, 3.63) is 155 Å². The smallest absolute Gasteiger partial charge is 0.416 e. The Hall–Kier alpha value is -7.76. The summed E-state index contributed by atoms with van der Waals surface area (Å²) < 4.78 is 76.0. The summed E-state index contributed by atoms with van der Waals surface area (Å²) in [5.74, 6) is 1.14. The molecule has 0 spiro atoms. The predicted molar refractivity (Wildman–Crippen MR) is 217 cm³/mol. The standard InChI is InChI=1S/C17H14F3N5O.C17H13F3N4O2.C6H8N2.H4NO.H3N/c18-17(19,20)13-7-5-11(6-8-13)9-12-3-1-2-4-14(12)16-22-24-25(23-16)10-15(21)26;18-17(19,20)13-7-5-11(6-8-13)9-12-3-1-2-4-14(12)16-21-23-24(22-16)10-15(25)26;7-5-3-1-2-4-6(5)8;1-2;/h1-8H,9-10H2,(H2,21,26);1-8H,9-10H2,(H,25,26);1-4H,7-8H2;2H,1H3;1H3/q;;;+1;. The van der Waals surface area contributed by atoms with E-state index in [4.69, 9.17) is 27.5 Å². The molecule has 23 heteroatoms. The number of nitrogens with two attached hydrogens (primary N) is 3. The Morgan fingerprint density at radius 2 is 0.921 bits per heavy atom. The van der Waals surface area contributed by atoms with E-state index in [1.165, 1.54) is 24.3 Å². The second-order valence-corrected chi connectivity index (χ2v) is 12.8. The van der Waals surface area contributed by atoms with Crippen LogP contribution in [0.4, 0.5) is 37.7 Å². The highest BCUT2D eigenvalue weighted by Gasteiger charge is 2.31. The minimum Gasteiger partial charge on any atom is -0.480 e. The molecular formula is C40H42F6N13O4+. The number of carbonyl (C=O) groups is 2. The quantitative estimate of drug-likeness (QED) is 0.0535. The zero-order chi connectivity index (χ0) is 45.5. The number of tetrazole rings is 2. The number of hydrogen-bond donors (Lipinski definition) is 7. The molecule has 0 saturated carbocycles. The van der Waals surface area contributed by atoms with Crippen molar-refractivity contribution >= 4 is 23.3 Å². The molecule has 14 N–H and O–H groups in total. The van der Waals surface area contributed by atoms with Crippen LogP contribution in [0.15, 0.2) is 121 Å². The van der Waals surface area contributed by atoms with Crippen LogP contribution in [-0.2, 0) is 47.9 Å². The normalized spacial score (nSPS) is 10.7. The maximum Gasteiger partial charge on any atom is 0.416 e. The lowest BCUT2D eigenvalue weighted by Crippen LogP contribution is -2.42. The van der Waals surface area contributed by atoms with Gasteiger partial charge in [-0.05, 0) is 81.9 Å². The number of alkyl halides is 6. The highest BCUT2D eigenvalue weighted by Crippen LogP contribution is 2.31. The lowest BCUT2D eigenvalue weighted by molar-refractivity contribution is -0.670. The van der Waals surface area contributed by atoms with Crippen molar-refractivity contribution < 1.29 is 52.1 Å². The molecule has 332 valence electrons. The number of aromatic nitrogens is 8. The second kappa shape index (κ2) is 22.7. The largest absolute Gasteiger partial charge is 0.480 e. The Bertz CT molecular complexity index is 2360. The number of anilines is 2. The van der Waals surface area contributed by atoms with Gasteiger partial charge in [0, 0.05) is 11.1 Å². The van der Waals surface area contributed by atoms with Crippen molar-refractivity contribution in [1.82, 2.24) is 46.6 Å². The monoisotopic (exact) mass is 882 g/mol. The number of nitrogens with zero attached hydrogens (tertiary/aromatic N) is 8. The van der Waals surface area contributed by atoms with Crippen LogP contribution in [0.3, 0.4) is 0 Å². The first-order valence-corrected chi connectivity index (χ1v) is 17.9. The number of carboxylic acids is 1. The van der Waals surface area contributed by atoms with E-state index >= 15 is 0 Å². The minimum absolute atomic E-state index is 0. The van der Waals surface area contributed by atoms with Crippen molar-refractivity contribution in [1.29, 1.82) is 0 Å². The van der Waals surface area contributed by atoms with Gasteiger partial charge in [0.2, 0.25) is 17.6 Å². The number of halogens is 6. The van der Waals surface area contributed by atoms with Gasteiger partial charge < -0.3 is 28.5 Å². The fraction of sp³-hybridized carbons (Fsp3) is 0.150. The zero-order valence-electron chi connectivity index (χ0n) is 33.1. The molecule has 0 atom stereocenters. The van der Waals surface area contributed by atoms with E-state index < -0.39 is 41.9 Å². The number of para-hydroxylation sites is 2. The summed E-state index contributed by atoms with van der Waals surface area (Å²) in [6, 6.07) is 31.5. The van der Waals surface area contributed by atoms with E-state index in [9.17, 15) is 35.9 Å². The van der Waals surface area contributed by atoms with Crippen molar-refractivity contribution in [2.75, 3.05) is 11.5 Å². The van der Waals surface area contributed by atoms with Crippen LogP contribution in [0, 0.1) is 0 Å². The molecule has 0 bridgehead atoms.